The molecule has 3 heterocycles. The third-order valence-electron chi connectivity index (χ3n) is 5.02. The van der Waals surface area contributed by atoms with Crippen molar-refractivity contribution in [2.45, 2.75) is 33.7 Å². The van der Waals surface area contributed by atoms with Crippen LogP contribution in [0.4, 0.5) is 5.95 Å². The van der Waals surface area contributed by atoms with Crippen LogP contribution in [0.25, 0.3) is 11.2 Å². The Kier molecular flexibility index (Phi) is 4.99. The Morgan fingerprint density at radius 2 is 1.84 bits per heavy atom. The molecule has 8 nitrogen and oxygen atoms in total. The molecule has 0 atom stereocenters. The van der Waals surface area contributed by atoms with Gasteiger partial charge in [0.25, 0.3) is 5.56 Å². The maximum Gasteiger partial charge on any atom is 0.329 e. The number of piperazine rings is 1. The summed E-state index contributed by atoms with van der Waals surface area (Å²) in [5.41, 5.74) is 0.183. The summed E-state index contributed by atoms with van der Waals surface area (Å²) in [7, 11) is 1.65. The van der Waals surface area contributed by atoms with Crippen LogP contribution in [-0.4, -0.2) is 56.7 Å². The first kappa shape index (κ1) is 17.7. The maximum atomic E-state index is 12.5. The van der Waals surface area contributed by atoms with E-state index in [2.05, 4.69) is 35.6 Å². The zero-order valence-electron chi connectivity index (χ0n) is 15.6. The molecule has 0 aromatic carbocycles. The molecule has 138 valence electrons. The molecule has 0 bridgehead atoms. The Labute approximate surface area is 147 Å². The lowest BCUT2D eigenvalue weighted by Crippen LogP contribution is -2.47. The second-order valence-corrected chi connectivity index (χ2v) is 7.16. The van der Waals surface area contributed by atoms with Crippen molar-refractivity contribution < 1.29 is 0 Å². The molecule has 1 aliphatic rings. The Balaban J connectivity index is 2.08. The van der Waals surface area contributed by atoms with Crippen LogP contribution in [0.3, 0.4) is 0 Å². The number of hydrogen-bond acceptors (Lipinski definition) is 5. The topological polar surface area (TPSA) is 79.2 Å². The largest absolute Gasteiger partial charge is 0.340 e. The smallest absolute Gasteiger partial charge is 0.329 e. The van der Waals surface area contributed by atoms with Crippen LogP contribution in [-0.2, 0) is 13.6 Å². The molecule has 2 aromatic heterocycles. The van der Waals surface area contributed by atoms with Gasteiger partial charge in [0.05, 0.1) is 0 Å². The molecule has 0 spiro atoms. The first-order valence-electron chi connectivity index (χ1n) is 9.09. The number of imidazole rings is 1. The van der Waals surface area contributed by atoms with Crippen LogP contribution < -0.4 is 16.1 Å². The van der Waals surface area contributed by atoms with Crippen LogP contribution in [0.2, 0.25) is 0 Å². The number of aromatic amines is 1. The van der Waals surface area contributed by atoms with Crippen molar-refractivity contribution in [1.29, 1.82) is 0 Å². The molecular weight excluding hydrogens is 320 g/mol. The van der Waals surface area contributed by atoms with Crippen molar-refractivity contribution in [3.05, 3.63) is 20.8 Å². The van der Waals surface area contributed by atoms with E-state index < -0.39 is 5.69 Å². The molecule has 1 aliphatic heterocycles. The lowest BCUT2D eigenvalue weighted by molar-refractivity contribution is 0.269. The van der Waals surface area contributed by atoms with Gasteiger partial charge in [-0.05, 0) is 18.9 Å². The Morgan fingerprint density at radius 3 is 2.44 bits per heavy atom. The second-order valence-electron chi connectivity index (χ2n) is 7.16. The number of nitrogens with one attached hydrogen (secondary N) is 1. The van der Waals surface area contributed by atoms with Gasteiger partial charge >= 0.3 is 5.69 Å². The van der Waals surface area contributed by atoms with E-state index >= 15 is 0 Å². The third kappa shape index (κ3) is 3.35. The maximum absolute atomic E-state index is 12.5. The van der Waals surface area contributed by atoms with Crippen LogP contribution in [0.5, 0.6) is 0 Å². The number of H-pyrrole nitrogens is 1. The van der Waals surface area contributed by atoms with Gasteiger partial charge in [0.15, 0.2) is 11.2 Å². The van der Waals surface area contributed by atoms with E-state index in [0.29, 0.717) is 17.1 Å². The summed E-state index contributed by atoms with van der Waals surface area (Å²) in [6, 6.07) is 0. The third-order valence-corrected chi connectivity index (χ3v) is 5.02. The van der Waals surface area contributed by atoms with Crippen molar-refractivity contribution in [1.82, 2.24) is 24.0 Å². The number of aryl methyl sites for hydroxylation is 2. The van der Waals surface area contributed by atoms with Crippen molar-refractivity contribution in [3.8, 4) is 0 Å². The predicted molar refractivity (Wildman–Crippen MR) is 99.4 cm³/mol. The number of rotatable bonds is 5. The molecule has 0 unspecified atom stereocenters. The number of aromatic nitrogens is 4. The fourth-order valence-electron chi connectivity index (χ4n) is 3.33. The summed E-state index contributed by atoms with van der Waals surface area (Å²) in [5, 5.41) is 0. The molecule has 2 aromatic rings. The normalized spacial score (nSPS) is 16.3. The molecule has 1 fully saturated rings. The minimum Gasteiger partial charge on any atom is -0.340 e. The van der Waals surface area contributed by atoms with E-state index in [4.69, 9.17) is 4.98 Å². The standard InChI is InChI=1S/C17H28N6O2/c1-5-21-8-10-22(11-9-21)16-18-14-13(23(16)7-6-12(2)3)15(24)19-17(25)20(14)4/h12H,5-11H2,1-4H3,(H,19,24,25). The molecule has 0 aliphatic carbocycles. The van der Waals surface area contributed by atoms with Gasteiger partial charge in [-0.3, -0.25) is 14.3 Å². The van der Waals surface area contributed by atoms with Gasteiger partial charge in [-0.2, -0.15) is 4.98 Å². The number of hydrogen-bond donors (Lipinski definition) is 1. The van der Waals surface area contributed by atoms with E-state index in [1.54, 1.807) is 7.05 Å². The highest BCUT2D eigenvalue weighted by molar-refractivity contribution is 5.74. The van der Waals surface area contributed by atoms with Crippen molar-refractivity contribution >= 4 is 17.1 Å². The Bertz CT molecular complexity index is 854. The minimum atomic E-state index is -0.423. The molecule has 1 saturated heterocycles. The van der Waals surface area contributed by atoms with Crippen molar-refractivity contribution in [2.24, 2.45) is 13.0 Å². The van der Waals surface area contributed by atoms with Crippen LogP contribution in [0, 0.1) is 5.92 Å². The summed E-state index contributed by atoms with van der Waals surface area (Å²) in [4.78, 5) is 36.1. The van der Waals surface area contributed by atoms with E-state index in [1.807, 2.05) is 4.57 Å². The van der Waals surface area contributed by atoms with Gasteiger partial charge in [0.1, 0.15) is 0 Å². The predicted octanol–water partition coefficient (Wildman–Crippen LogP) is 0.611. The van der Waals surface area contributed by atoms with E-state index in [1.165, 1.54) is 4.57 Å². The van der Waals surface area contributed by atoms with Crippen molar-refractivity contribution in [3.63, 3.8) is 0 Å². The molecule has 1 N–H and O–H groups in total. The molecule has 0 radical (unpaired) electrons. The Morgan fingerprint density at radius 1 is 1.16 bits per heavy atom. The van der Waals surface area contributed by atoms with Crippen LogP contribution in [0.15, 0.2) is 9.59 Å². The van der Waals surface area contributed by atoms with E-state index in [0.717, 1.165) is 51.6 Å². The van der Waals surface area contributed by atoms with Gasteiger partial charge < -0.3 is 14.4 Å². The highest BCUT2D eigenvalue weighted by atomic mass is 16.2. The summed E-state index contributed by atoms with van der Waals surface area (Å²) < 4.78 is 3.42. The van der Waals surface area contributed by atoms with Gasteiger partial charge in [-0.1, -0.05) is 20.8 Å². The monoisotopic (exact) mass is 348 g/mol. The van der Waals surface area contributed by atoms with Gasteiger partial charge in [-0.25, -0.2) is 4.79 Å². The van der Waals surface area contributed by atoms with Gasteiger partial charge in [0.2, 0.25) is 5.95 Å². The molecule has 8 heteroatoms. The first-order valence-corrected chi connectivity index (χ1v) is 9.09. The molecule has 0 saturated carbocycles. The zero-order valence-corrected chi connectivity index (χ0v) is 15.6. The van der Waals surface area contributed by atoms with Crippen LogP contribution in [0.1, 0.15) is 27.2 Å². The highest BCUT2D eigenvalue weighted by Crippen LogP contribution is 2.22. The highest BCUT2D eigenvalue weighted by Gasteiger charge is 2.24. The number of fused-ring (bicyclic) bond motifs is 1. The fraction of sp³-hybridized carbons (Fsp3) is 0.706. The van der Waals surface area contributed by atoms with Gasteiger partial charge in [0, 0.05) is 39.8 Å². The molecule has 0 amide bonds. The van der Waals surface area contributed by atoms with Crippen molar-refractivity contribution in [2.75, 3.05) is 37.6 Å². The lowest BCUT2D eigenvalue weighted by atomic mass is 10.1. The molecule has 3 rings (SSSR count). The average molecular weight is 348 g/mol. The summed E-state index contributed by atoms with van der Waals surface area (Å²) in [6.07, 6.45) is 0.954. The summed E-state index contributed by atoms with van der Waals surface area (Å²) in [5.74, 6) is 1.33. The molecular formula is C17H28N6O2. The number of likely N-dealkylation sites (N-methyl/N-ethyl adjacent to an activating group) is 1. The average Bonchev–Trinajstić information content (AvgIpc) is 2.98. The zero-order chi connectivity index (χ0) is 18.1. The van der Waals surface area contributed by atoms with Gasteiger partial charge in [-0.15, -0.1) is 0 Å². The number of nitrogens with zero attached hydrogens (tertiary/aromatic N) is 5. The first-order chi connectivity index (χ1) is 11.9. The Hall–Kier alpha value is -2.09. The summed E-state index contributed by atoms with van der Waals surface area (Å²) in [6.45, 7) is 12.0. The minimum absolute atomic E-state index is 0.354. The molecule has 25 heavy (non-hydrogen) atoms. The second kappa shape index (κ2) is 7.03. The quantitative estimate of drug-likeness (QED) is 0.856. The summed E-state index contributed by atoms with van der Waals surface area (Å²) >= 11 is 0. The number of anilines is 1. The van der Waals surface area contributed by atoms with E-state index in [-0.39, 0.29) is 5.56 Å². The van der Waals surface area contributed by atoms with Crippen LogP contribution >= 0.6 is 0 Å². The SMILES string of the molecule is CCN1CCN(c2nc3c(c(=O)[nH]c(=O)n3C)n2CCC(C)C)CC1. The fourth-order valence-corrected chi connectivity index (χ4v) is 3.33. The van der Waals surface area contributed by atoms with E-state index in [9.17, 15) is 9.59 Å². The lowest BCUT2D eigenvalue weighted by Gasteiger charge is -2.34.